The van der Waals surface area contributed by atoms with Crippen molar-refractivity contribution in [2.45, 2.75) is 38.3 Å². The molecule has 0 aliphatic carbocycles. The van der Waals surface area contributed by atoms with E-state index in [2.05, 4.69) is 15.0 Å². The summed E-state index contributed by atoms with van der Waals surface area (Å²) in [6.45, 7) is 1.29. The lowest BCUT2D eigenvalue weighted by Gasteiger charge is -2.35. The van der Waals surface area contributed by atoms with E-state index in [9.17, 15) is 14.4 Å². The van der Waals surface area contributed by atoms with Crippen LogP contribution in [0.15, 0.2) is 53.7 Å². The molecule has 0 aromatic carbocycles. The molecule has 1 N–H and O–H groups in total. The first-order valence-electron chi connectivity index (χ1n) is 11.1. The Kier molecular flexibility index (Phi) is 5.68. The van der Waals surface area contributed by atoms with Gasteiger partial charge in [-0.2, -0.15) is 0 Å². The number of hydrogen-bond donors (Lipinski definition) is 1. The van der Waals surface area contributed by atoms with Crippen molar-refractivity contribution in [3.63, 3.8) is 0 Å². The Hall–Kier alpha value is -3.88. The van der Waals surface area contributed by atoms with Crippen LogP contribution in [0.3, 0.4) is 0 Å². The van der Waals surface area contributed by atoms with Gasteiger partial charge in [0.15, 0.2) is 0 Å². The van der Waals surface area contributed by atoms with Gasteiger partial charge in [0.2, 0.25) is 0 Å². The highest BCUT2D eigenvalue weighted by Crippen LogP contribution is 2.30. The molecule has 0 spiro atoms. The molecule has 0 saturated carbocycles. The highest BCUT2D eigenvalue weighted by atomic mass is 16.2. The minimum Gasteiger partial charge on any atom is -0.332 e. The number of pyridine rings is 2. The number of H-pyrrole nitrogens is 1. The van der Waals surface area contributed by atoms with Crippen LogP contribution < -0.4 is 5.56 Å². The molecule has 2 aliphatic rings. The van der Waals surface area contributed by atoms with Crippen LogP contribution in [0.1, 0.15) is 63.2 Å². The summed E-state index contributed by atoms with van der Waals surface area (Å²) >= 11 is 0. The largest absolute Gasteiger partial charge is 0.332 e. The van der Waals surface area contributed by atoms with Crippen LogP contribution in [-0.4, -0.2) is 54.6 Å². The zero-order chi connectivity index (χ0) is 22.8. The Balaban J connectivity index is 1.44. The van der Waals surface area contributed by atoms with Crippen molar-refractivity contribution in [1.82, 2.24) is 29.7 Å². The molecule has 1 fully saturated rings. The molecule has 1 saturated heterocycles. The second kappa shape index (κ2) is 8.93. The van der Waals surface area contributed by atoms with Crippen LogP contribution in [0.4, 0.5) is 0 Å². The van der Waals surface area contributed by atoms with Crippen molar-refractivity contribution in [2.24, 2.45) is 0 Å². The lowest BCUT2D eigenvalue weighted by atomic mass is 9.99. The molecule has 0 radical (unpaired) electrons. The van der Waals surface area contributed by atoms with Crippen LogP contribution in [0.5, 0.6) is 0 Å². The molecular weight excluding hydrogens is 420 g/mol. The van der Waals surface area contributed by atoms with Gasteiger partial charge in [-0.15, -0.1) is 0 Å². The zero-order valence-electron chi connectivity index (χ0n) is 18.1. The molecule has 33 heavy (non-hydrogen) atoms. The van der Waals surface area contributed by atoms with Crippen LogP contribution in [-0.2, 0) is 13.0 Å². The van der Waals surface area contributed by atoms with E-state index >= 15 is 0 Å². The summed E-state index contributed by atoms with van der Waals surface area (Å²) < 4.78 is 0. The second-order valence-corrected chi connectivity index (χ2v) is 8.31. The molecule has 2 amide bonds. The normalized spacial score (nSPS) is 18.0. The summed E-state index contributed by atoms with van der Waals surface area (Å²) in [6, 6.07) is 8.27. The molecule has 9 heteroatoms. The molecule has 3 aromatic rings. The van der Waals surface area contributed by atoms with E-state index in [1.54, 1.807) is 58.7 Å². The van der Waals surface area contributed by atoms with Gasteiger partial charge >= 0.3 is 0 Å². The fraction of sp³-hybridized carbons (Fsp3) is 0.333. The van der Waals surface area contributed by atoms with Gasteiger partial charge in [0.05, 0.1) is 18.3 Å². The highest BCUT2D eigenvalue weighted by molar-refractivity contribution is 5.94. The number of rotatable bonds is 3. The van der Waals surface area contributed by atoms with E-state index in [-0.39, 0.29) is 30.0 Å². The topological polar surface area (TPSA) is 112 Å². The Morgan fingerprint density at radius 1 is 1.00 bits per heavy atom. The Labute approximate surface area is 190 Å². The van der Waals surface area contributed by atoms with Crippen LogP contribution in [0.25, 0.3) is 0 Å². The van der Waals surface area contributed by atoms with E-state index in [0.29, 0.717) is 54.3 Å². The highest BCUT2D eigenvalue weighted by Gasteiger charge is 2.33. The second-order valence-electron chi connectivity index (χ2n) is 8.31. The Morgan fingerprint density at radius 3 is 2.64 bits per heavy atom. The number of carbonyl (C=O) groups is 2. The fourth-order valence-corrected chi connectivity index (χ4v) is 4.56. The SMILES string of the molecule is O=C(c1ccncc1)N1CCc2c(nc([C@@H]3CCCCN3C(=O)c3ccccn3)[nH]c2=O)C1. The molecule has 1 atom stereocenters. The molecule has 0 unspecified atom stereocenters. The molecule has 5 rings (SSSR count). The number of likely N-dealkylation sites (tertiary alicyclic amines) is 1. The summed E-state index contributed by atoms with van der Waals surface area (Å²) in [7, 11) is 0. The summed E-state index contributed by atoms with van der Waals surface area (Å²) in [6.07, 6.45) is 7.74. The van der Waals surface area contributed by atoms with Crippen molar-refractivity contribution in [3.05, 3.63) is 87.6 Å². The maximum absolute atomic E-state index is 13.1. The third-order valence-corrected chi connectivity index (χ3v) is 6.27. The summed E-state index contributed by atoms with van der Waals surface area (Å²) in [5, 5.41) is 0. The van der Waals surface area contributed by atoms with Crippen molar-refractivity contribution in [3.8, 4) is 0 Å². The maximum atomic E-state index is 13.1. The molecular formula is C24H24N6O3. The predicted octanol–water partition coefficient (Wildman–Crippen LogP) is 2.13. The Morgan fingerprint density at radius 2 is 1.85 bits per heavy atom. The number of nitrogens with zero attached hydrogens (tertiary/aromatic N) is 5. The lowest BCUT2D eigenvalue weighted by Crippen LogP contribution is -2.42. The van der Waals surface area contributed by atoms with Crippen molar-refractivity contribution in [2.75, 3.05) is 13.1 Å². The van der Waals surface area contributed by atoms with E-state index in [1.807, 2.05) is 0 Å². The Bertz CT molecular complexity index is 1230. The minimum absolute atomic E-state index is 0.115. The average molecular weight is 444 g/mol. The fourth-order valence-electron chi connectivity index (χ4n) is 4.56. The maximum Gasteiger partial charge on any atom is 0.273 e. The number of hydrogen-bond acceptors (Lipinski definition) is 6. The van der Waals surface area contributed by atoms with Crippen LogP contribution in [0, 0.1) is 0 Å². The van der Waals surface area contributed by atoms with Crippen LogP contribution in [0.2, 0.25) is 0 Å². The van der Waals surface area contributed by atoms with Crippen molar-refractivity contribution >= 4 is 11.8 Å². The van der Waals surface area contributed by atoms with Gasteiger partial charge in [-0.3, -0.25) is 24.4 Å². The first kappa shape index (κ1) is 21.0. The summed E-state index contributed by atoms with van der Waals surface area (Å²) in [5.41, 5.74) is 1.94. The quantitative estimate of drug-likeness (QED) is 0.662. The minimum atomic E-state index is -0.336. The number of aromatic nitrogens is 4. The number of carbonyl (C=O) groups excluding carboxylic acids is 2. The van der Waals surface area contributed by atoms with Gasteiger partial charge in [-0.25, -0.2) is 4.98 Å². The predicted molar refractivity (Wildman–Crippen MR) is 119 cm³/mol. The monoisotopic (exact) mass is 444 g/mol. The molecule has 0 bridgehead atoms. The number of nitrogens with one attached hydrogen (secondary N) is 1. The van der Waals surface area contributed by atoms with Crippen molar-refractivity contribution < 1.29 is 9.59 Å². The van der Waals surface area contributed by atoms with E-state index < -0.39 is 0 Å². The van der Waals surface area contributed by atoms with Crippen LogP contribution >= 0.6 is 0 Å². The first-order chi connectivity index (χ1) is 16.1. The average Bonchev–Trinajstić information content (AvgIpc) is 2.88. The number of piperidine rings is 1. The standard InChI is InChI=1S/C24H24N6O3/c31-22-17-9-14-29(23(32)16-7-11-25-12-8-16)15-19(17)27-21(28-22)20-6-2-4-13-30(20)24(33)18-5-1-3-10-26-18/h1,3,5,7-8,10-12,20H,2,4,6,9,13-15H2,(H,27,28,31)/t20-/m0/s1. The van der Waals surface area contributed by atoms with Gasteiger partial charge in [-0.1, -0.05) is 6.07 Å². The van der Waals surface area contributed by atoms with Gasteiger partial charge < -0.3 is 14.8 Å². The lowest BCUT2D eigenvalue weighted by molar-refractivity contribution is 0.0592. The van der Waals surface area contributed by atoms with Gasteiger partial charge in [0, 0.05) is 42.8 Å². The third-order valence-electron chi connectivity index (χ3n) is 6.27. The zero-order valence-corrected chi connectivity index (χ0v) is 18.1. The number of aromatic amines is 1. The van der Waals surface area contributed by atoms with E-state index in [1.165, 1.54) is 0 Å². The summed E-state index contributed by atoms with van der Waals surface area (Å²) in [5.74, 6) is 0.187. The van der Waals surface area contributed by atoms with Gasteiger partial charge in [-0.05, 0) is 49.9 Å². The van der Waals surface area contributed by atoms with Crippen molar-refractivity contribution in [1.29, 1.82) is 0 Å². The van der Waals surface area contributed by atoms with Gasteiger partial charge in [0.1, 0.15) is 11.5 Å². The number of amides is 2. The summed E-state index contributed by atoms with van der Waals surface area (Å²) in [4.78, 5) is 58.2. The smallest absolute Gasteiger partial charge is 0.273 e. The molecule has 168 valence electrons. The first-order valence-corrected chi connectivity index (χ1v) is 11.1. The molecule has 3 aromatic heterocycles. The molecule has 2 aliphatic heterocycles. The molecule has 9 nitrogen and oxygen atoms in total. The van der Waals surface area contributed by atoms with Gasteiger partial charge in [0.25, 0.3) is 17.4 Å². The number of fused-ring (bicyclic) bond motifs is 1. The molecule has 5 heterocycles. The van der Waals surface area contributed by atoms with E-state index in [0.717, 1.165) is 12.8 Å². The third kappa shape index (κ3) is 4.13. The van der Waals surface area contributed by atoms with E-state index in [4.69, 9.17) is 4.98 Å².